The molecule has 0 aliphatic carbocycles. The lowest BCUT2D eigenvalue weighted by Gasteiger charge is -2.10. The molecule has 0 fully saturated rings. The smallest absolute Gasteiger partial charge is 0.192 e. The molecule has 136 valence electrons. The Bertz CT molecular complexity index is 1010. The van der Waals surface area contributed by atoms with Crippen molar-refractivity contribution in [1.82, 2.24) is 14.8 Å². The van der Waals surface area contributed by atoms with Crippen molar-refractivity contribution in [3.05, 3.63) is 88.3 Å². The standard InChI is InChI=1S/C20H15Cl2N3OS/c21-17-9-4-10-18(22)16(17)13-27-20-24-23-19(14-6-2-1-3-7-14)25(20)12-15-8-5-11-26-15/h1-11H,12-13H2. The summed E-state index contributed by atoms with van der Waals surface area (Å²) in [5, 5.41) is 10.9. The first-order valence-corrected chi connectivity index (χ1v) is 10.0. The highest BCUT2D eigenvalue weighted by atomic mass is 35.5. The second kappa shape index (κ2) is 8.21. The summed E-state index contributed by atoms with van der Waals surface area (Å²) >= 11 is 14.1. The van der Waals surface area contributed by atoms with Gasteiger partial charge in [-0.05, 0) is 29.8 Å². The number of thioether (sulfide) groups is 1. The van der Waals surface area contributed by atoms with Crippen LogP contribution in [0.5, 0.6) is 0 Å². The zero-order valence-electron chi connectivity index (χ0n) is 14.2. The number of rotatable bonds is 6. The fourth-order valence-corrected chi connectivity index (χ4v) is 4.38. The highest BCUT2D eigenvalue weighted by Gasteiger charge is 2.17. The molecule has 4 aromatic rings. The largest absolute Gasteiger partial charge is 0.467 e. The van der Waals surface area contributed by atoms with Crippen LogP contribution < -0.4 is 0 Å². The van der Waals surface area contributed by atoms with Gasteiger partial charge >= 0.3 is 0 Å². The molecule has 27 heavy (non-hydrogen) atoms. The summed E-state index contributed by atoms with van der Waals surface area (Å²) in [4.78, 5) is 0. The molecule has 0 unspecified atom stereocenters. The topological polar surface area (TPSA) is 43.9 Å². The van der Waals surface area contributed by atoms with Crippen LogP contribution in [0.4, 0.5) is 0 Å². The molecule has 2 aromatic heterocycles. The van der Waals surface area contributed by atoms with E-state index in [-0.39, 0.29) is 0 Å². The molecule has 0 radical (unpaired) electrons. The van der Waals surface area contributed by atoms with E-state index in [1.807, 2.05) is 65.2 Å². The number of hydrogen-bond acceptors (Lipinski definition) is 4. The summed E-state index contributed by atoms with van der Waals surface area (Å²) in [6.07, 6.45) is 1.66. The molecule has 0 saturated carbocycles. The molecule has 0 aliphatic rings. The van der Waals surface area contributed by atoms with Crippen LogP contribution in [0.2, 0.25) is 10.0 Å². The maximum absolute atomic E-state index is 6.30. The van der Waals surface area contributed by atoms with Gasteiger partial charge in [-0.25, -0.2) is 0 Å². The number of furan rings is 1. The Balaban J connectivity index is 1.67. The van der Waals surface area contributed by atoms with E-state index in [1.54, 1.807) is 18.0 Å². The average molecular weight is 416 g/mol. The van der Waals surface area contributed by atoms with E-state index in [0.717, 1.165) is 27.9 Å². The Labute approximate surface area is 171 Å². The molecule has 2 aromatic carbocycles. The number of nitrogens with zero attached hydrogens (tertiary/aromatic N) is 3. The van der Waals surface area contributed by atoms with Gasteiger partial charge in [0.15, 0.2) is 11.0 Å². The normalized spacial score (nSPS) is 11.0. The molecule has 0 saturated heterocycles. The third-order valence-corrected chi connectivity index (χ3v) is 5.75. The van der Waals surface area contributed by atoms with Gasteiger partial charge in [-0.2, -0.15) is 0 Å². The van der Waals surface area contributed by atoms with Crippen molar-refractivity contribution in [3.63, 3.8) is 0 Å². The van der Waals surface area contributed by atoms with Gasteiger partial charge in [-0.15, -0.1) is 10.2 Å². The van der Waals surface area contributed by atoms with E-state index in [2.05, 4.69) is 10.2 Å². The summed E-state index contributed by atoms with van der Waals surface area (Å²) in [6.45, 7) is 0.544. The first-order valence-electron chi connectivity index (χ1n) is 8.29. The lowest BCUT2D eigenvalue weighted by molar-refractivity contribution is 0.485. The number of halogens is 2. The van der Waals surface area contributed by atoms with Crippen LogP contribution in [0.15, 0.2) is 76.5 Å². The zero-order valence-corrected chi connectivity index (χ0v) is 16.5. The fraction of sp³-hybridized carbons (Fsp3) is 0.100. The number of aromatic nitrogens is 3. The van der Waals surface area contributed by atoms with Crippen LogP contribution >= 0.6 is 35.0 Å². The van der Waals surface area contributed by atoms with Crippen molar-refractivity contribution in [2.45, 2.75) is 17.5 Å². The predicted molar refractivity (Wildman–Crippen MR) is 109 cm³/mol. The molecule has 2 heterocycles. The SMILES string of the molecule is Clc1cccc(Cl)c1CSc1nnc(-c2ccccc2)n1Cc1ccco1. The Kier molecular flexibility index (Phi) is 5.53. The average Bonchev–Trinajstić information content (AvgIpc) is 3.33. The minimum atomic E-state index is 0.544. The summed E-state index contributed by atoms with van der Waals surface area (Å²) < 4.78 is 7.57. The van der Waals surface area contributed by atoms with E-state index in [4.69, 9.17) is 27.6 Å². The first kappa shape index (κ1) is 18.2. The van der Waals surface area contributed by atoms with E-state index in [9.17, 15) is 0 Å². The molecule has 0 aliphatic heterocycles. The van der Waals surface area contributed by atoms with E-state index >= 15 is 0 Å². The van der Waals surface area contributed by atoms with Crippen LogP contribution in [0.1, 0.15) is 11.3 Å². The molecule has 4 nitrogen and oxygen atoms in total. The van der Waals surface area contributed by atoms with Crippen LogP contribution in [-0.4, -0.2) is 14.8 Å². The third kappa shape index (κ3) is 4.05. The van der Waals surface area contributed by atoms with Crippen LogP contribution in [0, 0.1) is 0 Å². The summed E-state index contributed by atoms with van der Waals surface area (Å²) in [5.41, 5.74) is 1.89. The molecule has 0 bridgehead atoms. The van der Waals surface area contributed by atoms with Gasteiger partial charge in [0.1, 0.15) is 5.76 Å². The van der Waals surface area contributed by atoms with Crippen molar-refractivity contribution in [2.24, 2.45) is 0 Å². The van der Waals surface area contributed by atoms with E-state index in [0.29, 0.717) is 22.3 Å². The fourth-order valence-electron chi connectivity index (χ4n) is 2.70. The highest BCUT2D eigenvalue weighted by Crippen LogP contribution is 2.32. The third-order valence-electron chi connectivity index (χ3n) is 4.05. The van der Waals surface area contributed by atoms with Gasteiger partial charge in [-0.3, -0.25) is 4.57 Å². The summed E-state index contributed by atoms with van der Waals surface area (Å²) in [5.74, 6) is 2.23. The van der Waals surface area contributed by atoms with Crippen LogP contribution in [-0.2, 0) is 12.3 Å². The predicted octanol–water partition coefficient (Wildman–Crippen LogP) is 6.19. The van der Waals surface area contributed by atoms with Crippen molar-refractivity contribution in [3.8, 4) is 11.4 Å². The minimum absolute atomic E-state index is 0.544. The second-order valence-electron chi connectivity index (χ2n) is 5.83. The number of benzene rings is 2. The Morgan fingerprint density at radius 1 is 0.889 bits per heavy atom. The van der Waals surface area contributed by atoms with Gasteiger partial charge in [0, 0.05) is 21.4 Å². The molecule has 0 N–H and O–H groups in total. The maximum Gasteiger partial charge on any atom is 0.192 e. The molecule has 0 spiro atoms. The monoisotopic (exact) mass is 415 g/mol. The van der Waals surface area contributed by atoms with Gasteiger partial charge < -0.3 is 4.42 Å². The molecule has 4 rings (SSSR count). The quantitative estimate of drug-likeness (QED) is 0.352. The lowest BCUT2D eigenvalue weighted by atomic mass is 10.2. The van der Waals surface area contributed by atoms with Gasteiger partial charge in [0.05, 0.1) is 12.8 Å². The van der Waals surface area contributed by atoms with Crippen molar-refractivity contribution in [1.29, 1.82) is 0 Å². The van der Waals surface area contributed by atoms with Gasteiger partial charge in [0.25, 0.3) is 0 Å². The Morgan fingerprint density at radius 3 is 2.37 bits per heavy atom. The highest BCUT2D eigenvalue weighted by molar-refractivity contribution is 7.98. The zero-order chi connectivity index (χ0) is 18.6. The molecule has 7 heteroatoms. The molecular weight excluding hydrogens is 401 g/mol. The number of hydrogen-bond donors (Lipinski definition) is 0. The van der Waals surface area contributed by atoms with Crippen LogP contribution in [0.3, 0.4) is 0 Å². The Morgan fingerprint density at radius 2 is 1.67 bits per heavy atom. The maximum atomic E-state index is 6.30. The van der Waals surface area contributed by atoms with Crippen molar-refractivity contribution in [2.75, 3.05) is 0 Å². The Hall–Kier alpha value is -2.21. The van der Waals surface area contributed by atoms with Crippen LogP contribution in [0.25, 0.3) is 11.4 Å². The summed E-state index contributed by atoms with van der Waals surface area (Å²) in [6, 6.07) is 19.3. The molecule has 0 atom stereocenters. The van der Waals surface area contributed by atoms with E-state index in [1.165, 1.54) is 0 Å². The first-order chi connectivity index (χ1) is 13.2. The summed E-state index contributed by atoms with van der Waals surface area (Å²) in [7, 11) is 0. The van der Waals surface area contributed by atoms with Crippen molar-refractivity contribution >= 4 is 35.0 Å². The van der Waals surface area contributed by atoms with Gasteiger partial charge in [-0.1, -0.05) is 71.4 Å². The molecule has 0 amide bonds. The minimum Gasteiger partial charge on any atom is -0.467 e. The van der Waals surface area contributed by atoms with E-state index < -0.39 is 0 Å². The molecular formula is C20H15Cl2N3OS. The second-order valence-corrected chi connectivity index (χ2v) is 7.58. The lowest BCUT2D eigenvalue weighted by Crippen LogP contribution is -2.03. The van der Waals surface area contributed by atoms with Crippen molar-refractivity contribution < 1.29 is 4.42 Å². The van der Waals surface area contributed by atoms with Gasteiger partial charge in [0.2, 0.25) is 0 Å².